The van der Waals surface area contributed by atoms with Gasteiger partial charge in [-0.3, -0.25) is 14.8 Å². The average molecular weight is 447 g/mol. The van der Waals surface area contributed by atoms with Gasteiger partial charge in [-0.25, -0.2) is 8.42 Å². The standard InChI is InChI=1S/C21H16F3N3O3S/c1-31(29,30)16-2-3-17(13-4-6-25-7-5-13)18(9-16)20(28)27-11-14-8-19(21(22,23)24)26-10-15(14)12-27/h2-10H,11-12H2,1H3. The van der Waals surface area contributed by atoms with E-state index >= 15 is 0 Å². The van der Waals surface area contributed by atoms with Crippen LogP contribution in [-0.2, 0) is 29.1 Å². The van der Waals surface area contributed by atoms with Gasteiger partial charge in [-0.2, -0.15) is 13.2 Å². The van der Waals surface area contributed by atoms with Gasteiger partial charge in [0, 0.05) is 43.5 Å². The van der Waals surface area contributed by atoms with E-state index in [9.17, 15) is 26.4 Å². The van der Waals surface area contributed by atoms with E-state index in [1.54, 1.807) is 30.6 Å². The molecule has 1 aliphatic rings. The van der Waals surface area contributed by atoms with Crippen LogP contribution in [0.2, 0.25) is 0 Å². The van der Waals surface area contributed by atoms with E-state index in [2.05, 4.69) is 9.97 Å². The zero-order valence-electron chi connectivity index (χ0n) is 16.2. The highest BCUT2D eigenvalue weighted by molar-refractivity contribution is 7.90. The number of carbonyl (C=O) groups is 1. The molecule has 0 unspecified atom stereocenters. The van der Waals surface area contributed by atoms with Gasteiger partial charge in [0.05, 0.1) is 4.90 Å². The van der Waals surface area contributed by atoms with Gasteiger partial charge in [0.25, 0.3) is 5.91 Å². The fourth-order valence-electron chi connectivity index (χ4n) is 3.47. The summed E-state index contributed by atoms with van der Waals surface area (Å²) in [7, 11) is -3.58. The first kappa shape index (κ1) is 21.0. The van der Waals surface area contributed by atoms with Crippen LogP contribution in [-0.4, -0.2) is 35.4 Å². The molecule has 0 radical (unpaired) electrons. The van der Waals surface area contributed by atoms with Gasteiger partial charge in [-0.15, -0.1) is 0 Å². The van der Waals surface area contributed by atoms with E-state index in [1.165, 1.54) is 17.0 Å². The molecule has 0 saturated carbocycles. The van der Waals surface area contributed by atoms with E-state index in [-0.39, 0.29) is 23.5 Å². The highest BCUT2D eigenvalue weighted by Crippen LogP contribution is 2.33. The number of hydrogen-bond donors (Lipinski definition) is 0. The Labute approximate surface area is 176 Å². The number of amides is 1. The molecule has 10 heteroatoms. The third-order valence-corrected chi connectivity index (χ3v) is 6.13. The number of sulfone groups is 1. The second kappa shape index (κ2) is 7.45. The number of fused-ring (bicyclic) bond motifs is 1. The van der Waals surface area contributed by atoms with Crippen LogP contribution in [0, 0.1) is 0 Å². The average Bonchev–Trinajstić information content (AvgIpc) is 3.15. The first-order chi connectivity index (χ1) is 14.5. The maximum Gasteiger partial charge on any atom is 0.433 e. The summed E-state index contributed by atoms with van der Waals surface area (Å²) in [6.07, 6.45) is 0.680. The highest BCUT2D eigenvalue weighted by atomic mass is 32.2. The Hall–Kier alpha value is -3.27. The summed E-state index contributed by atoms with van der Waals surface area (Å²) in [6.45, 7) is 0.0524. The van der Waals surface area contributed by atoms with Crippen LogP contribution in [0.25, 0.3) is 11.1 Å². The molecule has 3 heterocycles. The molecule has 0 spiro atoms. The lowest BCUT2D eigenvalue weighted by Gasteiger charge is -2.18. The van der Waals surface area contributed by atoms with Crippen molar-refractivity contribution in [2.24, 2.45) is 0 Å². The lowest BCUT2D eigenvalue weighted by Crippen LogP contribution is -2.26. The minimum absolute atomic E-state index is 0.0219. The minimum Gasteiger partial charge on any atom is -0.330 e. The van der Waals surface area contributed by atoms with Gasteiger partial charge in [0.1, 0.15) is 5.69 Å². The topological polar surface area (TPSA) is 80.2 Å². The zero-order chi connectivity index (χ0) is 22.4. The number of benzene rings is 1. The molecule has 1 aromatic carbocycles. The van der Waals surface area contributed by atoms with Crippen LogP contribution < -0.4 is 0 Å². The zero-order valence-corrected chi connectivity index (χ0v) is 17.0. The van der Waals surface area contributed by atoms with Gasteiger partial charge in [-0.05, 0) is 52.6 Å². The van der Waals surface area contributed by atoms with Gasteiger partial charge in [0.2, 0.25) is 0 Å². The largest absolute Gasteiger partial charge is 0.433 e. The van der Waals surface area contributed by atoms with Crippen LogP contribution in [0.5, 0.6) is 0 Å². The highest BCUT2D eigenvalue weighted by Gasteiger charge is 2.35. The molecule has 160 valence electrons. The number of alkyl halides is 3. The number of halogens is 3. The van der Waals surface area contributed by atoms with Crippen molar-refractivity contribution in [1.29, 1.82) is 0 Å². The van der Waals surface area contributed by atoms with Crippen molar-refractivity contribution < 1.29 is 26.4 Å². The molecule has 1 amide bonds. The summed E-state index contributed by atoms with van der Waals surface area (Å²) in [4.78, 5) is 22.1. The molecule has 3 aromatic rings. The predicted octanol–water partition coefficient (Wildman–Crippen LogP) is 3.72. The molecule has 2 aromatic heterocycles. The third-order valence-electron chi connectivity index (χ3n) is 5.02. The Morgan fingerprint density at radius 1 is 1.03 bits per heavy atom. The monoisotopic (exact) mass is 447 g/mol. The first-order valence-corrected chi connectivity index (χ1v) is 11.0. The maximum absolute atomic E-state index is 13.3. The predicted molar refractivity (Wildman–Crippen MR) is 106 cm³/mol. The van der Waals surface area contributed by atoms with Gasteiger partial charge in [-0.1, -0.05) is 6.07 Å². The Morgan fingerprint density at radius 2 is 1.71 bits per heavy atom. The van der Waals surface area contributed by atoms with Gasteiger partial charge < -0.3 is 4.90 Å². The number of pyridine rings is 2. The summed E-state index contributed by atoms with van der Waals surface area (Å²) in [5.74, 6) is -0.484. The number of nitrogens with zero attached hydrogens (tertiary/aromatic N) is 3. The summed E-state index contributed by atoms with van der Waals surface area (Å²) in [5.41, 5.74) is 1.18. The molecular formula is C21H16F3N3O3S. The van der Waals surface area contributed by atoms with Gasteiger partial charge >= 0.3 is 6.18 Å². The molecular weight excluding hydrogens is 431 g/mol. The third kappa shape index (κ3) is 4.15. The molecule has 31 heavy (non-hydrogen) atoms. The molecule has 0 atom stereocenters. The van der Waals surface area contributed by atoms with Crippen molar-refractivity contribution in [3.63, 3.8) is 0 Å². The molecule has 0 fully saturated rings. The van der Waals surface area contributed by atoms with Crippen molar-refractivity contribution in [1.82, 2.24) is 14.9 Å². The summed E-state index contributed by atoms with van der Waals surface area (Å²) >= 11 is 0. The lowest BCUT2D eigenvalue weighted by molar-refractivity contribution is -0.141. The van der Waals surface area contributed by atoms with Crippen molar-refractivity contribution >= 4 is 15.7 Å². The Kier molecular flexibility index (Phi) is 5.04. The normalized spacial score (nSPS) is 13.9. The maximum atomic E-state index is 13.3. The Balaban J connectivity index is 1.74. The van der Waals surface area contributed by atoms with Crippen molar-refractivity contribution in [3.05, 3.63) is 77.4 Å². The number of aromatic nitrogens is 2. The smallest absolute Gasteiger partial charge is 0.330 e. The van der Waals surface area contributed by atoms with E-state index in [1.807, 2.05) is 0 Å². The number of carbonyl (C=O) groups excluding carboxylic acids is 1. The van der Waals surface area contributed by atoms with Gasteiger partial charge in [0.15, 0.2) is 9.84 Å². The van der Waals surface area contributed by atoms with Crippen LogP contribution in [0.15, 0.2) is 59.9 Å². The van der Waals surface area contributed by atoms with Crippen LogP contribution >= 0.6 is 0 Å². The fourth-order valence-corrected chi connectivity index (χ4v) is 4.11. The molecule has 1 aliphatic heterocycles. The Bertz CT molecular complexity index is 1280. The fraction of sp³-hybridized carbons (Fsp3) is 0.190. The van der Waals surface area contributed by atoms with Crippen LogP contribution in [0.1, 0.15) is 27.2 Å². The van der Waals surface area contributed by atoms with Crippen molar-refractivity contribution in [3.8, 4) is 11.1 Å². The molecule has 0 aliphatic carbocycles. The summed E-state index contributed by atoms with van der Waals surface area (Å²) in [5, 5.41) is 0. The lowest BCUT2D eigenvalue weighted by atomic mass is 9.99. The second-order valence-corrected chi connectivity index (χ2v) is 9.23. The first-order valence-electron chi connectivity index (χ1n) is 9.13. The molecule has 0 saturated heterocycles. The molecule has 0 bridgehead atoms. The second-order valence-electron chi connectivity index (χ2n) is 7.21. The van der Waals surface area contributed by atoms with Crippen molar-refractivity contribution in [2.75, 3.05) is 6.26 Å². The van der Waals surface area contributed by atoms with Crippen molar-refractivity contribution in [2.45, 2.75) is 24.2 Å². The van der Waals surface area contributed by atoms with Crippen LogP contribution in [0.3, 0.4) is 0 Å². The molecule has 6 nitrogen and oxygen atoms in total. The van der Waals surface area contributed by atoms with E-state index in [0.717, 1.165) is 18.5 Å². The summed E-state index contributed by atoms with van der Waals surface area (Å²) in [6, 6.07) is 8.58. The van der Waals surface area contributed by atoms with E-state index in [0.29, 0.717) is 22.3 Å². The summed E-state index contributed by atoms with van der Waals surface area (Å²) < 4.78 is 63.0. The molecule has 0 N–H and O–H groups in total. The minimum atomic E-state index is -4.58. The van der Waals surface area contributed by atoms with E-state index < -0.39 is 27.6 Å². The number of rotatable bonds is 3. The quantitative estimate of drug-likeness (QED) is 0.611. The SMILES string of the molecule is CS(=O)(=O)c1ccc(-c2ccncc2)c(C(=O)N2Cc3cnc(C(F)(F)F)cc3C2)c1. The molecule has 4 rings (SSSR count). The van der Waals surface area contributed by atoms with E-state index in [4.69, 9.17) is 0 Å². The Morgan fingerprint density at radius 3 is 2.35 bits per heavy atom. The number of hydrogen-bond acceptors (Lipinski definition) is 5. The van der Waals surface area contributed by atoms with Crippen LogP contribution in [0.4, 0.5) is 13.2 Å².